The monoisotopic (exact) mass is 357 g/mol. The number of nitrogens with zero attached hydrogens (tertiary/aromatic N) is 1. The number of hydrogen-bond donors (Lipinski definition) is 2. The second-order valence-corrected chi connectivity index (χ2v) is 6.98. The van der Waals surface area contributed by atoms with Gasteiger partial charge in [0, 0.05) is 19.6 Å². The van der Waals surface area contributed by atoms with Crippen LogP contribution in [0.3, 0.4) is 0 Å². The zero-order valence-corrected chi connectivity index (χ0v) is 14.7. The number of para-hydroxylation sites is 1. The molecule has 1 fully saturated rings. The lowest BCUT2D eigenvalue weighted by Gasteiger charge is -2.34. The van der Waals surface area contributed by atoms with Crippen LogP contribution < -0.4 is 10.6 Å². The fourth-order valence-corrected chi connectivity index (χ4v) is 3.49. The number of benzene rings is 1. The largest absolute Gasteiger partial charge is 0.418 e. The van der Waals surface area contributed by atoms with Crippen LogP contribution in [-0.2, 0) is 6.18 Å². The van der Waals surface area contributed by atoms with E-state index in [9.17, 15) is 18.0 Å². The van der Waals surface area contributed by atoms with Gasteiger partial charge in [0.25, 0.3) is 0 Å². The number of hydrogen-bond acceptors (Lipinski definition) is 2. The van der Waals surface area contributed by atoms with Gasteiger partial charge in [0.2, 0.25) is 0 Å². The third-order valence-electron chi connectivity index (χ3n) is 4.36. The Labute approximate surface area is 146 Å². The van der Waals surface area contributed by atoms with Gasteiger partial charge in [-0.2, -0.15) is 13.2 Å². The van der Waals surface area contributed by atoms with Gasteiger partial charge in [0.05, 0.1) is 11.3 Å². The molecule has 1 saturated heterocycles. The Bertz CT molecular complexity index is 567. The molecule has 140 valence electrons. The highest BCUT2D eigenvalue weighted by Crippen LogP contribution is 2.34. The smallest absolute Gasteiger partial charge is 0.338 e. The molecule has 7 heteroatoms. The van der Waals surface area contributed by atoms with Crippen LogP contribution in [0.15, 0.2) is 24.3 Å². The summed E-state index contributed by atoms with van der Waals surface area (Å²) >= 11 is 0. The van der Waals surface area contributed by atoms with E-state index in [0.717, 1.165) is 32.1 Å². The summed E-state index contributed by atoms with van der Waals surface area (Å²) in [5.74, 6) is 1.36. The molecule has 1 aliphatic rings. The van der Waals surface area contributed by atoms with E-state index in [2.05, 4.69) is 29.4 Å². The van der Waals surface area contributed by atoms with Gasteiger partial charge in [-0.15, -0.1) is 0 Å². The fourth-order valence-electron chi connectivity index (χ4n) is 3.49. The molecule has 0 spiro atoms. The number of urea groups is 1. The van der Waals surface area contributed by atoms with Gasteiger partial charge in [-0.05, 0) is 43.4 Å². The molecular weight excluding hydrogens is 331 g/mol. The van der Waals surface area contributed by atoms with Gasteiger partial charge < -0.3 is 15.5 Å². The second-order valence-electron chi connectivity index (χ2n) is 6.98. The van der Waals surface area contributed by atoms with Crippen LogP contribution in [0, 0.1) is 11.8 Å². The molecule has 4 nitrogen and oxygen atoms in total. The Hall–Kier alpha value is -1.76. The van der Waals surface area contributed by atoms with E-state index < -0.39 is 17.8 Å². The predicted octanol–water partition coefficient (Wildman–Crippen LogP) is 4.19. The number of nitrogens with one attached hydrogen (secondary N) is 2. The Balaban J connectivity index is 1.75. The highest BCUT2D eigenvalue weighted by Gasteiger charge is 2.33. The molecule has 0 aromatic heterocycles. The topological polar surface area (TPSA) is 44.4 Å². The van der Waals surface area contributed by atoms with E-state index in [4.69, 9.17) is 0 Å². The molecule has 0 saturated carbocycles. The molecule has 1 heterocycles. The van der Waals surface area contributed by atoms with Crippen LogP contribution in [0.4, 0.5) is 23.7 Å². The van der Waals surface area contributed by atoms with Crippen molar-refractivity contribution in [3.05, 3.63) is 29.8 Å². The van der Waals surface area contributed by atoms with Gasteiger partial charge in [-0.1, -0.05) is 26.0 Å². The molecule has 2 rings (SSSR count). The summed E-state index contributed by atoms with van der Waals surface area (Å²) in [5, 5.41) is 4.91. The number of carbonyl (C=O) groups is 1. The van der Waals surface area contributed by atoms with E-state index in [1.54, 1.807) is 0 Å². The first-order chi connectivity index (χ1) is 11.8. The maximum atomic E-state index is 12.9. The molecule has 2 amide bonds. The lowest BCUT2D eigenvalue weighted by Crippen LogP contribution is -2.40. The number of amides is 2. The standard InChI is InChI=1S/C18H26F3N3O/c1-13-10-14(2)12-24(11-13)9-5-8-22-17(25)23-16-7-4-3-6-15(16)18(19,20)21/h3-4,6-7,13-14H,5,8-12H2,1-2H3,(H2,22,23,25). The van der Waals surface area contributed by atoms with Crippen molar-refractivity contribution in [1.29, 1.82) is 0 Å². The number of carbonyl (C=O) groups excluding carboxylic acids is 1. The third kappa shape index (κ3) is 6.23. The first kappa shape index (κ1) is 19.6. The maximum Gasteiger partial charge on any atom is 0.418 e. The molecule has 1 aromatic carbocycles. The quantitative estimate of drug-likeness (QED) is 0.776. The number of anilines is 1. The van der Waals surface area contributed by atoms with Crippen LogP contribution >= 0.6 is 0 Å². The first-order valence-electron chi connectivity index (χ1n) is 8.69. The van der Waals surface area contributed by atoms with Crippen LogP contribution in [0.25, 0.3) is 0 Å². The van der Waals surface area contributed by atoms with Gasteiger partial charge in [-0.3, -0.25) is 0 Å². The normalized spacial score (nSPS) is 21.8. The third-order valence-corrected chi connectivity index (χ3v) is 4.36. The van der Waals surface area contributed by atoms with Crippen molar-refractivity contribution in [2.45, 2.75) is 32.9 Å². The highest BCUT2D eigenvalue weighted by molar-refractivity contribution is 5.90. The molecule has 0 aliphatic carbocycles. The van der Waals surface area contributed by atoms with Crippen molar-refractivity contribution in [1.82, 2.24) is 10.2 Å². The number of rotatable bonds is 5. The summed E-state index contributed by atoms with van der Waals surface area (Å²) in [6.07, 6.45) is -2.48. The molecule has 0 bridgehead atoms. The van der Waals surface area contributed by atoms with E-state index in [1.165, 1.54) is 24.6 Å². The zero-order chi connectivity index (χ0) is 18.4. The average molecular weight is 357 g/mol. The molecular formula is C18H26F3N3O. The van der Waals surface area contributed by atoms with Gasteiger partial charge in [0.1, 0.15) is 0 Å². The van der Waals surface area contributed by atoms with Crippen molar-refractivity contribution in [3.8, 4) is 0 Å². The Morgan fingerprint density at radius 3 is 2.48 bits per heavy atom. The minimum absolute atomic E-state index is 0.230. The van der Waals surface area contributed by atoms with Crippen LogP contribution in [-0.4, -0.2) is 37.1 Å². The maximum absolute atomic E-state index is 12.9. The van der Waals surface area contributed by atoms with Crippen molar-refractivity contribution in [2.24, 2.45) is 11.8 Å². The van der Waals surface area contributed by atoms with Crippen molar-refractivity contribution in [2.75, 3.05) is 31.5 Å². The zero-order valence-electron chi connectivity index (χ0n) is 14.7. The Morgan fingerprint density at radius 2 is 1.84 bits per heavy atom. The highest BCUT2D eigenvalue weighted by atomic mass is 19.4. The molecule has 25 heavy (non-hydrogen) atoms. The summed E-state index contributed by atoms with van der Waals surface area (Å²) in [4.78, 5) is 14.2. The minimum atomic E-state index is -4.49. The molecule has 0 radical (unpaired) electrons. The summed E-state index contributed by atoms with van der Waals surface area (Å²) < 4.78 is 38.7. The number of likely N-dealkylation sites (tertiary alicyclic amines) is 1. The molecule has 1 aromatic rings. The van der Waals surface area contributed by atoms with E-state index in [-0.39, 0.29) is 5.69 Å². The van der Waals surface area contributed by atoms with E-state index >= 15 is 0 Å². The summed E-state index contributed by atoms with van der Waals surface area (Å²) in [5.41, 5.74) is -1.08. The number of alkyl halides is 3. The predicted molar refractivity (Wildman–Crippen MR) is 92.5 cm³/mol. The molecule has 2 N–H and O–H groups in total. The van der Waals surface area contributed by atoms with Crippen LogP contribution in [0.5, 0.6) is 0 Å². The molecule has 2 unspecified atom stereocenters. The van der Waals surface area contributed by atoms with Gasteiger partial charge in [0.15, 0.2) is 0 Å². The van der Waals surface area contributed by atoms with Crippen molar-refractivity contribution >= 4 is 11.7 Å². The lowest BCUT2D eigenvalue weighted by atomic mass is 9.92. The lowest BCUT2D eigenvalue weighted by molar-refractivity contribution is -0.136. The number of piperidine rings is 1. The Kier molecular flexibility index (Phi) is 6.70. The summed E-state index contributed by atoms with van der Waals surface area (Å²) in [6.45, 7) is 7.93. The second kappa shape index (κ2) is 8.56. The van der Waals surface area contributed by atoms with Gasteiger partial charge >= 0.3 is 12.2 Å². The number of halogens is 3. The summed E-state index contributed by atoms with van der Waals surface area (Å²) in [7, 11) is 0. The van der Waals surface area contributed by atoms with E-state index in [1.807, 2.05) is 0 Å². The van der Waals surface area contributed by atoms with Crippen LogP contribution in [0.1, 0.15) is 32.3 Å². The minimum Gasteiger partial charge on any atom is -0.338 e. The van der Waals surface area contributed by atoms with Gasteiger partial charge in [-0.25, -0.2) is 4.79 Å². The molecule has 2 atom stereocenters. The molecule has 1 aliphatic heterocycles. The summed E-state index contributed by atoms with van der Waals surface area (Å²) in [6, 6.07) is 4.35. The fraction of sp³-hybridized carbons (Fsp3) is 0.611. The van der Waals surface area contributed by atoms with Crippen molar-refractivity contribution in [3.63, 3.8) is 0 Å². The average Bonchev–Trinajstić information content (AvgIpc) is 2.50. The van der Waals surface area contributed by atoms with E-state index in [0.29, 0.717) is 18.4 Å². The SMILES string of the molecule is CC1CC(C)CN(CCCNC(=O)Nc2ccccc2C(F)(F)F)C1. The van der Waals surface area contributed by atoms with Crippen LogP contribution in [0.2, 0.25) is 0 Å². The Morgan fingerprint density at radius 1 is 1.20 bits per heavy atom. The van der Waals surface area contributed by atoms with Crippen molar-refractivity contribution < 1.29 is 18.0 Å². The first-order valence-corrected chi connectivity index (χ1v) is 8.69.